The molecule has 1 aromatic rings. The summed E-state index contributed by atoms with van der Waals surface area (Å²) >= 11 is 0. The van der Waals surface area contributed by atoms with Crippen LogP contribution in [0.2, 0.25) is 0 Å². The molecule has 124 valence electrons. The lowest BCUT2D eigenvalue weighted by molar-refractivity contribution is -0.136. The normalized spacial score (nSPS) is 23.9. The van der Waals surface area contributed by atoms with Crippen molar-refractivity contribution < 1.29 is 13.2 Å². The Morgan fingerprint density at radius 2 is 1.91 bits per heavy atom. The minimum absolute atomic E-state index is 0.00179. The average Bonchev–Trinajstić information content (AvgIpc) is 2.91. The fraction of sp³-hybridized carbons (Fsp3) is 0.500. The number of likely N-dealkylation sites (tertiary alicyclic amines) is 1. The third-order valence-electron chi connectivity index (χ3n) is 5.13. The molecule has 23 heavy (non-hydrogen) atoms. The van der Waals surface area contributed by atoms with Crippen molar-refractivity contribution in [2.45, 2.75) is 42.9 Å². The minimum Gasteiger partial charge on any atom is -0.335 e. The van der Waals surface area contributed by atoms with Gasteiger partial charge in [-0.05, 0) is 37.7 Å². The summed E-state index contributed by atoms with van der Waals surface area (Å²) in [6, 6.07) is 9.95. The van der Waals surface area contributed by atoms with Gasteiger partial charge in [0.05, 0.1) is 6.04 Å². The second-order valence-electron chi connectivity index (χ2n) is 6.60. The number of benzene rings is 1. The molecule has 1 aromatic carbocycles. The first-order valence-electron chi connectivity index (χ1n) is 8.18. The molecule has 1 saturated heterocycles. The zero-order valence-corrected chi connectivity index (χ0v) is 14.3. The maximum atomic E-state index is 12.9. The van der Waals surface area contributed by atoms with E-state index in [-0.39, 0.29) is 11.9 Å². The standard InChI is InChI=1S/C18H23NO3S/c1-23(21,22)18(12-6-13-18)17(20)19-14-5-9-16(19)11-10-15-7-3-2-4-8-15/h2-4,7-8,10-11,16H,5-6,9,12-14H2,1H3. The van der Waals surface area contributed by atoms with E-state index in [9.17, 15) is 13.2 Å². The van der Waals surface area contributed by atoms with E-state index >= 15 is 0 Å². The van der Waals surface area contributed by atoms with E-state index in [2.05, 4.69) is 0 Å². The van der Waals surface area contributed by atoms with Crippen molar-refractivity contribution in [1.29, 1.82) is 0 Å². The molecule has 1 heterocycles. The van der Waals surface area contributed by atoms with E-state index in [1.165, 1.54) is 6.26 Å². The smallest absolute Gasteiger partial charge is 0.244 e. The molecule has 1 aliphatic heterocycles. The number of hydrogen-bond donors (Lipinski definition) is 0. The summed E-state index contributed by atoms with van der Waals surface area (Å²) in [5, 5.41) is 0. The van der Waals surface area contributed by atoms with Crippen LogP contribution in [-0.4, -0.2) is 42.8 Å². The quantitative estimate of drug-likeness (QED) is 0.851. The van der Waals surface area contributed by atoms with Crippen LogP contribution in [-0.2, 0) is 14.6 Å². The molecule has 1 saturated carbocycles. The maximum absolute atomic E-state index is 12.9. The molecular weight excluding hydrogens is 310 g/mol. The number of carbonyl (C=O) groups is 1. The summed E-state index contributed by atoms with van der Waals surface area (Å²) in [7, 11) is -3.37. The van der Waals surface area contributed by atoms with Crippen LogP contribution in [0.1, 0.15) is 37.7 Å². The van der Waals surface area contributed by atoms with E-state index < -0.39 is 14.6 Å². The van der Waals surface area contributed by atoms with Crippen molar-refractivity contribution >= 4 is 21.8 Å². The molecule has 0 aromatic heterocycles. The summed E-state index contributed by atoms with van der Waals surface area (Å²) in [5.41, 5.74) is 1.09. The number of sulfone groups is 1. The monoisotopic (exact) mass is 333 g/mol. The highest BCUT2D eigenvalue weighted by Crippen LogP contribution is 2.42. The van der Waals surface area contributed by atoms with Gasteiger partial charge in [-0.25, -0.2) is 8.42 Å². The Kier molecular flexibility index (Phi) is 4.32. The van der Waals surface area contributed by atoms with E-state index in [0.717, 1.165) is 24.8 Å². The zero-order valence-electron chi connectivity index (χ0n) is 13.4. The van der Waals surface area contributed by atoms with Crippen LogP contribution >= 0.6 is 0 Å². The van der Waals surface area contributed by atoms with E-state index in [1.54, 1.807) is 4.90 Å². The Labute approximate surface area is 138 Å². The van der Waals surface area contributed by atoms with Crippen LogP contribution < -0.4 is 0 Å². The third kappa shape index (κ3) is 2.94. The van der Waals surface area contributed by atoms with Crippen molar-refractivity contribution in [3.05, 3.63) is 42.0 Å². The van der Waals surface area contributed by atoms with Crippen molar-refractivity contribution in [2.75, 3.05) is 12.8 Å². The minimum atomic E-state index is -3.37. The summed E-state index contributed by atoms with van der Waals surface area (Å²) in [4.78, 5) is 14.7. The van der Waals surface area contributed by atoms with Crippen molar-refractivity contribution in [2.24, 2.45) is 0 Å². The molecule has 1 aliphatic carbocycles. The van der Waals surface area contributed by atoms with E-state index in [1.807, 2.05) is 42.5 Å². The molecule has 0 N–H and O–H groups in total. The first-order chi connectivity index (χ1) is 10.9. The predicted molar refractivity (Wildman–Crippen MR) is 91.6 cm³/mol. The van der Waals surface area contributed by atoms with Gasteiger partial charge in [0.25, 0.3) is 0 Å². The van der Waals surface area contributed by atoms with Crippen LogP contribution in [0.3, 0.4) is 0 Å². The largest absolute Gasteiger partial charge is 0.335 e. The van der Waals surface area contributed by atoms with Crippen molar-refractivity contribution in [1.82, 2.24) is 4.90 Å². The first-order valence-corrected chi connectivity index (χ1v) is 10.1. The van der Waals surface area contributed by atoms with Crippen molar-refractivity contribution in [3.8, 4) is 0 Å². The molecule has 0 spiro atoms. The topological polar surface area (TPSA) is 54.5 Å². The highest BCUT2D eigenvalue weighted by molar-refractivity contribution is 7.93. The number of amides is 1. The molecule has 2 fully saturated rings. The van der Waals surface area contributed by atoms with Gasteiger partial charge in [-0.15, -0.1) is 0 Å². The van der Waals surface area contributed by atoms with E-state index in [4.69, 9.17) is 0 Å². The summed E-state index contributed by atoms with van der Waals surface area (Å²) in [6.45, 7) is 0.653. The lowest BCUT2D eigenvalue weighted by Gasteiger charge is -2.42. The van der Waals surface area contributed by atoms with Gasteiger partial charge in [-0.1, -0.05) is 42.5 Å². The summed E-state index contributed by atoms with van der Waals surface area (Å²) in [6.07, 6.45) is 8.84. The Hall–Kier alpha value is -1.62. The van der Waals surface area contributed by atoms with Gasteiger partial charge in [0.1, 0.15) is 0 Å². The Bertz CT molecular complexity index is 705. The molecule has 3 rings (SSSR count). The van der Waals surface area contributed by atoms with Gasteiger partial charge in [-0.3, -0.25) is 4.79 Å². The molecule has 5 heteroatoms. The Balaban J connectivity index is 1.79. The molecule has 4 nitrogen and oxygen atoms in total. The molecular formula is C18H23NO3S. The second-order valence-corrected chi connectivity index (χ2v) is 8.92. The first kappa shape index (κ1) is 16.2. The summed E-state index contributed by atoms with van der Waals surface area (Å²) in [5.74, 6) is -0.188. The highest BCUT2D eigenvalue weighted by Gasteiger charge is 2.55. The fourth-order valence-corrected chi connectivity index (χ4v) is 5.00. The Morgan fingerprint density at radius 3 is 2.48 bits per heavy atom. The highest BCUT2D eigenvalue weighted by atomic mass is 32.2. The molecule has 1 unspecified atom stereocenters. The van der Waals surface area contributed by atoms with Gasteiger partial charge >= 0.3 is 0 Å². The van der Waals surface area contributed by atoms with Crippen LogP contribution in [0.15, 0.2) is 36.4 Å². The maximum Gasteiger partial charge on any atom is 0.244 e. The van der Waals surface area contributed by atoms with Crippen LogP contribution in [0.25, 0.3) is 6.08 Å². The summed E-state index contributed by atoms with van der Waals surface area (Å²) < 4.78 is 23.2. The third-order valence-corrected chi connectivity index (χ3v) is 7.13. The van der Waals surface area contributed by atoms with Gasteiger partial charge in [0.15, 0.2) is 14.6 Å². The predicted octanol–water partition coefficient (Wildman–Crippen LogP) is 2.66. The van der Waals surface area contributed by atoms with Crippen LogP contribution in [0.4, 0.5) is 0 Å². The number of nitrogens with zero attached hydrogens (tertiary/aromatic N) is 1. The lowest BCUT2D eigenvalue weighted by Crippen LogP contribution is -2.58. The number of carbonyl (C=O) groups excluding carboxylic acids is 1. The van der Waals surface area contributed by atoms with Gasteiger partial charge in [-0.2, -0.15) is 0 Å². The zero-order chi connectivity index (χ0) is 16.5. The average molecular weight is 333 g/mol. The van der Waals surface area contributed by atoms with Gasteiger partial charge in [0, 0.05) is 12.8 Å². The SMILES string of the molecule is CS(=O)(=O)C1(C(=O)N2CCCC2C=Cc2ccccc2)CCC1. The van der Waals surface area contributed by atoms with Crippen LogP contribution in [0, 0.1) is 0 Å². The molecule has 2 aliphatic rings. The fourth-order valence-electron chi connectivity index (χ4n) is 3.53. The Morgan fingerprint density at radius 1 is 1.22 bits per heavy atom. The number of hydrogen-bond acceptors (Lipinski definition) is 3. The van der Waals surface area contributed by atoms with Gasteiger partial charge in [0.2, 0.25) is 5.91 Å². The lowest BCUT2D eigenvalue weighted by atomic mass is 9.83. The van der Waals surface area contributed by atoms with Gasteiger partial charge < -0.3 is 4.90 Å². The number of rotatable bonds is 4. The molecule has 1 amide bonds. The van der Waals surface area contributed by atoms with Crippen molar-refractivity contribution in [3.63, 3.8) is 0 Å². The second kappa shape index (κ2) is 6.11. The molecule has 0 radical (unpaired) electrons. The van der Waals surface area contributed by atoms with E-state index in [0.29, 0.717) is 19.4 Å². The van der Waals surface area contributed by atoms with Crippen LogP contribution in [0.5, 0.6) is 0 Å². The molecule has 0 bridgehead atoms. The molecule has 1 atom stereocenters.